The third kappa shape index (κ3) is 5.37. The van der Waals surface area contributed by atoms with Gasteiger partial charge in [0, 0.05) is 17.9 Å². The molecule has 0 spiro atoms. The van der Waals surface area contributed by atoms with Gasteiger partial charge in [-0.3, -0.25) is 9.36 Å². The first-order chi connectivity index (χ1) is 16.5. The average Bonchev–Trinajstić information content (AvgIpc) is 3.26. The molecule has 0 radical (unpaired) electrons. The molecule has 1 amide bonds. The quantitative estimate of drug-likeness (QED) is 0.322. The molecule has 4 rings (SSSR count). The molecule has 174 valence electrons. The molecule has 1 heterocycles. The summed E-state index contributed by atoms with van der Waals surface area (Å²) in [7, 11) is -3.62. The number of carbonyl (C=O) groups excluding carboxylic acids is 1. The molecule has 0 fully saturated rings. The highest BCUT2D eigenvalue weighted by Gasteiger charge is 2.23. The second-order valence-corrected chi connectivity index (χ2v) is 10.3. The summed E-state index contributed by atoms with van der Waals surface area (Å²) in [5.74, 6) is 0.0534. The van der Waals surface area contributed by atoms with Crippen molar-refractivity contribution in [3.05, 3.63) is 96.8 Å². The molecule has 7 nitrogen and oxygen atoms in total. The molecule has 0 N–H and O–H groups in total. The van der Waals surface area contributed by atoms with Gasteiger partial charge in [0.2, 0.25) is 5.91 Å². The molecule has 9 heteroatoms. The Hall–Kier alpha value is -3.43. The van der Waals surface area contributed by atoms with Gasteiger partial charge in [-0.25, -0.2) is 8.42 Å². The lowest BCUT2D eigenvalue weighted by molar-refractivity contribution is -0.116. The van der Waals surface area contributed by atoms with Crippen molar-refractivity contribution in [1.29, 1.82) is 0 Å². The van der Waals surface area contributed by atoms with Gasteiger partial charge in [-0.05, 0) is 43.3 Å². The fraction of sp³-hybridized carbons (Fsp3) is 0.160. The van der Waals surface area contributed by atoms with E-state index in [0.717, 1.165) is 11.4 Å². The minimum absolute atomic E-state index is 0.0697. The Morgan fingerprint density at radius 1 is 0.882 bits per heavy atom. The summed E-state index contributed by atoms with van der Waals surface area (Å²) in [6.07, 6.45) is 0. The molecule has 0 saturated heterocycles. The lowest BCUT2D eigenvalue weighted by Gasteiger charge is -2.20. The first kappa shape index (κ1) is 23.7. The van der Waals surface area contributed by atoms with E-state index >= 15 is 0 Å². The van der Waals surface area contributed by atoms with Gasteiger partial charge in [0.25, 0.3) is 0 Å². The van der Waals surface area contributed by atoms with E-state index in [1.54, 1.807) is 39.8 Å². The number of hydrogen-bond donors (Lipinski definition) is 0. The molecule has 34 heavy (non-hydrogen) atoms. The SMILES string of the molecule is CCN(C(=O)CSc1nnc(CS(=O)(=O)c2ccccc2)n1-c1ccccc1)c1ccccc1. The second-order valence-electron chi connectivity index (χ2n) is 7.40. The zero-order chi connectivity index (χ0) is 24.0. The number of rotatable bonds is 9. The summed E-state index contributed by atoms with van der Waals surface area (Å²) in [4.78, 5) is 14.9. The molecule has 0 atom stereocenters. The van der Waals surface area contributed by atoms with Crippen molar-refractivity contribution < 1.29 is 13.2 Å². The number of carbonyl (C=O) groups is 1. The van der Waals surface area contributed by atoms with E-state index in [2.05, 4.69) is 10.2 Å². The van der Waals surface area contributed by atoms with Crippen LogP contribution < -0.4 is 4.90 Å². The predicted molar refractivity (Wildman–Crippen MR) is 134 cm³/mol. The summed E-state index contributed by atoms with van der Waals surface area (Å²) in [6.45, 7) is 2.46. The minimum Gasteiger partial charge on any atom is -0.312 e. The van der Waals surface area contributed by atoms with Crippen molar-refractivity contribution in [1.82, 2.24) is 14.8 Å². The molecular formula is C25H24N4O3S2. The van der Waals surface area contributed by atoms with Crippen LogP contribution in [0.3, 0.4) is 0 Å². The fourth-order valence-electron chi connectivity index (χ4n) is 3.52. The number of benzene rings is 3. The van der Waals surface area contributed by atoms with E-state index in [4.69, 9.17) is 0 Å². The smallest absolute Gasteiger partial charge is 0.237 e. The molecular weight excluding hydrogens is 468 g/mol. The van der Waals surface area contributed by atoms with Gasteiger partial charge in [0.05, 0.1) is 10.6 Å². The Morgan fingerprint density at radius 3 is 2.09 bits per heavy atom. The van der Waals surface area contributed by atoms with Crippen LogP contribution in [0.15, 0.2) is 101 Å². The number of anilines is 1. The molecule has 3 aromatic carbocycles. The molecule has 0 unspecified atom stereocenters. The maximum absolute atomic E-state index is 13.0. The third-order valence-corrected chi connectivity index (χ3v) is 7.69. The van der Waals surface area contributed by atoms with Gasteiger partial charge >= 0.3 is 0 Å². The summed E-state index contributed by atoms with van der Waals surface area (Å²) >= 11 is 1.23. The summed E-state index contributed by atoms with van der Waals surface area (Å²) in [5.41, 5.74) is 1.56. The highest BCUT2D eigenvalue weighted by atomic mass is 32.2. The molecule has 4 aromatic rings. The van der Waals surface area contributed by atoms with Gasteiger partial charge in [0.15, 0.2) is 20.8 Å². The zero-order valence-corrected chi connectivity index (χ0v) is 20.2. The van der Waals surface area contributed by atoms with Crippen molar-refractivity contribution >= 4 is 33.2 Å². The monoisotopic (exact) mass is 492 g/mol. The van der Waals surface area contributed by atoms with E-state index in [0.29, 0.717) is 17.5 Å². The fourth-order valence-corrected chi connectivity index (χ4v) is 5.63. The van der Waals surface area contributed by atoms with E-state index in [-0.39, 0.29) is 22.3 Å². The number of hydrogen-bond acceptors (Lipinski definition) is 6. The summed E-state index contributed by atoms with van der Waals surface area (Å²) < 4.78 is 27.7. The van der Waals surface area contributed by atoms with E-state index < -0.39 is 9.84 Å². The zero-order valence-electron chi connectivity index (χ0n) is 18.6. The summed E-state index contributed by atoms with van der Waals surface area (Å²) in [6, 6.07) is 27.1. The number of aromatic nitrogens is 3. The van der Waals surface area contributed by atoms with Crippen LogP contribution >= 0.6 is 11.8 Å². The van der Waals surface area contributed by atoms with Crippen molar-refractivity contribution in [2.24, 2.45) is 0 Å². The maximum Gasteiger partial charge on any atom is 0.237 e. The highest BCUT2D eigenvalue weighted by Crippen LogP contribution is 2.25. The molecule has 0 aliphatic rings. The van der Waals surface area contributed by atoms with E-state index in [9.17, 15) is 13.2 Å². The van der Waals surface area contributed by atoms with Crippen molar-refractivity contribution in [2.75, 3.05) is 17.2 Å². The standard InChI is InChI=1S/C25H24N4O3S2/c1-2-28(20-12-6-3-7-13-20)24(30)18-33-25-27-26-23(29(25)21-14-8-4-9-15-21)19-34(31,32)22-16-10-5-11-17-22/h3-17H,2,18-19H2,1H3. The average molecular weight is 493 g/mol. The molecule has 0 aliphatic heterocycles. The Morgan fingerprint density at radius 2 is 1.47 bits per heavy atom. The van der Waals surface area contributed by atoms with E-state index in [1.807, 2.05) is 67.6 Å². The van der Waals surface area contributed by atoms with Gasteiger partial charge in [-0.15, -0.1) is 10.2 Å². The number of sulfone groups is 1. The van der Waals surface area contributed by atoms with Crippen molar-refractivity contribution in [2.45, 2.75) is 22.7 Å². The largest absolute Gasteiger partial charge is 0.312 e. The van der Waals surface area contributed by atoms with Crippen LogP contribution in [-0.2, 0) is 20.4 Å². The first-order valence-electron chi connectivity index (χ1n) is 10.8. The van der Waals surface area contributed by atoms with E-state index in [1.165, 1.54) is 11.8 Å². The maximum atomic E-state index is 13.0. The predicted octanol–water partition coefficient (Wildman–Crippen LogP) is 4.39. The van der Waals surface area contributed by atoms with Crippen LogP contribution in [0, 0.1) is 0 Å². The van der Waals surface area contributed by atoms with Gasteiger partial charge in [0.1, 0.15) is 5.75 Å². The lowest BCUT2D eigenvalue weighted by Crippen LogP contribution is -2.32. The second kappa shape index (κ2) is 10.7. The van der Waals surface area contributed by atoms with Gasteiger partial charge in [-0.2, -0.15) is 0 Å². The lowest BCUT2D eigenvalue weighted by atomic mass is 10.3. The van der Waals surface area contributed by atoms with Crippen LogP contribution in [0.25, 0.3) is 5.69 Å². The summed E-state index contributed by atoms with van der Waals surface area (Å²) in [5, 5.41) is 8.89. The Labute approximate surface area is 203 Å². The van der Waals surface area contributed by atoms with Crippen LogP contribution in [0.2, 0.25) is 0 Å². The highest BCUT2D eigenvalue weighted by molar-refractivity contribution is 7.99. The topological polar surface area (TPSA) is 85.2 Å². The number of para-hydroxylation sites is 2. The number of nitrogens with zero attached hydrogens (tertiary/aromatic N) is 4. The molecule has 0 bridgehead atoms. The van der Waals surface area contributed by atoms with Crippen LogP contribution in [0.1, 0.15) is 12.7 Å². The van der Waals surface area contributed by atoms with Crippen LogP contribution in [-0.4, -0.2) is 41.4 Å². The normalized spacial score (nSPS) is 11.3. The van der Waals surface area contributed by atoms with Gasteiger partial charge < -0.3 is 4.90 Å². The minimum atomic E-state index is -3.62. The van der Waals surface area contributed by atoms with Crippen LogP contribution in [0.5, 0.6) is 0 Å². The molecule has 0 aliphatic carbocycles. The Bertz CT molecular complexity index is 1340. The van der Waals surface area contributed by atoms with Crippen molar-refractivity contribution in [3.63, 3.8) is 0 Å². The Kier molecular flexibility index (Phi) is 7.44. The van der Waals surface area contributed by atoms with Crippen LogP contribution in [0.4, 0.5) is 5.69 Å². The Balaban J connectivity index is 1.61. The number of thioether (sulfide) groups is 1. The molecule has 0 saturated carbocycles. The first-order valence-corrected chi connectivity index (χ1v) is 13.4. The number of amides is 1. The molecule has 1 aromatic heterocycles. The third-order valence-electron chi connectivity index (χ3n) is 5.15. The van der Waals surface area contributed by atoms with Gasteiger partial charge in [-0.1, -0.05) is 66.4 Å². The van der Waals surface area contributed by atoms with Crippen molar-refractivity contribution in [3.8, 4) is 5.69 Å².